The first-order chi connectivity index (χ1) is 19.9. The molecule has 2 unspecified atom stereocenters. The molecule has 1 aliphatic rings. The Morgan fingerprint density at radius 1 is 1.07 bits per heavy atom. The number of halogens is 1. The fraction of sp³-hybridized carbons (Fsp3) is 0.324. The number of hydrogen-bond donors (Lipinski definition) is 1. The second kappa shape index (κ2) is 17.0. The van der Waals surface area contributed by atoms with Gasteiger partial charge < -0.3 is 19.7 Å². The number of carbonyl (C=O) groups is 1. The van der Waals surface area contributed by atoms with Gasteiger partial charge in [0.25, 0.3) is 0 Å². The fourth-order valence-corrected chi connectivity index (χ4v) is 4.64. The van der Waals surface area contributed by atoms with Crippen molar-refractivity contribution < 1.29 is 13.9 Å². The van der Waals surface area contributed by atoms with Crippen LogP contribution < -0.4 is 5.32 Å². The first kappa shape index (κ1) is 31.6. The van der Waals surface area contributed by atoms with Crippen LogP contribution in [-0.2, 0) is 16.1 Å². The number of rotatable bonds is 10. The van der Waals surface area contributed by atoms with E-state index in [0.29, 0.717) is 18.1 Å². The van der Waals surface area contributed by atoms with Gasteiger partial charge in [-0.3, -0.25) is 0 Å². The highest BCUT2D eigenvalue weighted by Gasteiger charge is 2.29. The number of carbonyl (C=O) groups excluding carboxylic acids is 1. The molecule has 1 N–H and O–H groups in total. The maximum absolute atomic E-state index is 13.9. The van der Waals surface area contributed by atoms with Crippen LogP contribution in [0.4, 0.5) is 15.9 Å². The summed E-state index contributed by atoms with van der Waals surface area (Å²) in [5.41, 5.74) is 3.64. The number of benzene rings is 2. The van der Waals surface area contributed by atoms with Crippen molar-refractivity contribution in [1.82, 2.24) is 14.9 Å². The molecule has 0 radical (unpaired) electrons. The van der Waals surface area contributed by atoms with Gasteiger partial charge in [0.1, 0.15) is 23.7 Å². The zero-order valence-electron chi connectivity index (χ0n) is 24.5. The van der Waals surface area contributed by atoms with Gasteiger partial charge in [-0.2, -0.15) is 0 Å². The predicted octanol–water partition coefficient (Wildman–Crippen LogP) is 7.49. The predicted molar refractivity (Wildman–Crippen MR) is 166 cm³/mol. The van der Waals surface area contributed by atoms with E-state index < -0.39 is 0 Å². The van der Waals surface area contributed by atoms with E-state index in [4.69, 9.17) is 19.5 Å². The van der Waals surface area contributed by atoms with Gasteiger partial charge >= 0.3 is 0 Å². The number of nitrogens with zero attached hydrogens (tertiary/aromatic N) is 3. The summed E-state index contributed by atoms with van der Waals surface area (Å²) in [7, 11) is 2.11. The van der Waals surface area contributed by atoms with Crippen molar-refractivity contribution in [2.45, 2.75) is 52.2 Å². The molecular formula is C34H41FN4O2. The summed E-state index contributed by atoms with van der Waals surface area (Å²) in [6.07, 6.45) is 12.9. The third-order valence-electron chi connectivity index (χ3n) is 6.49. The Labute approximate surface area is 243 Å². The van der Waals surface area contributed by atoms with Crippen molar-refractivity contribution >= 4 is 23.4 Å². The molecule has 4 rings (SSSR count). The Balaban J connectivity index is 0.00000147. The summed E-state index contributed by atoms with van der Waals surface area (Å²) < 4.78 is 20.2. The normalized spacial score (nSPS) is 17.8. The second-order valence-electron chi connectivity index (χ2n) is 9.88. The Hall–Kier alpha value is -3.94. The number of anilines is 2. The molecule has 2 aromatic carbocycles. The first-order valence-corrected chi connectivity index (χ1v) is 14.1. The first-order valence-electron chi connectivity index (χ1n) is 14.1. The van der Waals surface area contributed by atoms with Crippen LogP contribution in [0.25, 0.3) is 5.57 Å². The Morgan fingerprint density at radius 2 is 1.85 bits per heavy atom. The van der Waals surface area contributed by atoms with Gasteiger partial charge in [0, 0.05) is 30.8 Å². The molecule has 0 saturated carbocycles. The van der Waals surface area contributed by atoms with Crippen LogP contribution in [0.3, 0.4) is 0 Å². The van der Waals surface area contributed by atoms with Gasteiger partial charge in [-0.1, -0.05) is 73.7 Å². The van der Waals surface area contributed by atoms with Gasteiger partial charge in [-0.05, 0) is 63.1 Å². The minimum atomic E-state index is -0.295. The fourth-order valence-electron chi connectivity index (χ4n) is 4.64. The SMILES string of the molecule is CC=O.C\C=C(/C=C\C=C\CC)c1cc(Nc2cccc(F)c2)nc(C2CC(OCc3ccccc3)CN(C)C2)n1. The molecule has 0 aliphatic carbocycles. The molecule has 41 heavy (non-hydrogen) atoms. The lowest BCUT2D eigenvalue weighted by Crippen LogP contribution is -2.41. The molecule has 216 valence electrons. The third-order valence-corrected chi connectivity index (χ3v) is 6.49. The maximum Gasteiger partial charge on any atom is 0.135 e. The van der Waals surface area contributed by atoms with E-state index in [-0.39, 0.29) is 17.8 Å². The summed E-state index contributed by atoms with van der Waals surface area (Å²) in [6.45, 7) is 7.85. The average Bonchev–Trinajstić information content (AvgIpc) is 2.97. The number of allylic oxidation sites excluding steroid dienone is 6. The molecule has 1 aliphatic heterocycles. The molecule has 0 spiro atoms. The van der Waals surface area contributed by atoms with Crippen LogP contribution in [0.5, 0.6) is 0 Å². The maximum atomic E-state index is 13.9. The lowest BCUT2D eigenvalue weighted by atomic mass is 9.95. The number of likely N-dealkylation sites (N-methyl/N-ethyl adjacent to an activating group) is 1. The highest BCUT2D eigenvalue weighted by Crippen LogP contribution is 2.29. The van der Waals surface area contributed by atoms with Gasteiger partial charge in [0.05, 0.1) is 18.4 Å². The summed E-state index contributed by atoms with van der Waals surface area (Å²) in [4.78, 5) is 21.0. The Kier molecular flexibility index (Phi) is 13.1. The summed E-state index contributed by atoms with van der Waals surface area (Å²) in [5.74, 6) is 1.21. The second-order valence-corrected chi connectivity index (χ2v) is 9.88. The van der Waals surface area contributed by atoms with Crippen LogP contribution in [0.2, 0.25) is 0 Å². The molecular weight excluding hydrogens is 515 g/mol. The highest BCUT2D eigenvalue weighted by atomic mass is 19.1. The van der Waals surface area contributed by atoms with Crippen LogP contribution >= 0.6 is 0 Å². The van der Waals surface area contributed by atoms with Gasteiger partial charge in [0.15, 0.2) is 0 Å². The zero-order valence-corrected chi connectivity index (χ0v) is 24.5. The van der Waals surface area contributed by atoms with Crippen LogP contribution in [-0.4, -0.2) is 47.4 Å². The van der Waals surface area contributed by atoms with E-state index in [1.807, 2.05) is 55.5 Å². The number of piperidine rings is 1. The van der Waals surface area contributed by atoms with Crippen LogP contribution in [0.1, 0.15) is 56.6 Å². The summed E-state index contributed by atoms with van der Waals surface area (Å²) >= 11 is 0. The van der Waals surface area contributed by atoms with Gasteiger partial charge in [-0.25, -0.2) is 14.4 Å². The topological polar surface area (TPSA) is 67.3 Å². The molecule has 1 saturated heterocycles. The minimum Gasteiger partial charge on any atom is -0.372 e. The van der Waals surface area contributed by atoms with E-state index in [2.05, 4.69) is 48.5 Å². The number of nitrogens with one attached hydrogen (secondary N) is 1. The molecule has 2 heterocycles. The van der Waals surface area contributed by atoms with Crippen molar-refractivity contribution in [3.8, 4) is 0 Å². The summed E-state index contributed by atoms with van der Waals surface area (Å²) in [5, 5.41) is 3.29. The van der Waals surface area contributed by atoms with E-state index in [1.165, 1.54) is 24.6 Å². The quantitative estimate of drug-likeness (QED) is 0.206. The smallest absolute Gasteiger partial charge is 0.135 e. The molecule has 6 nitrogen and oxygen atoms in total. The number of likely N-dealkylation sites (tertiary alicyclic amines) is 1. The molecule has 2 atom stereocenters. The molecule has 1 fully saturated rings. The number of hydrogen-bond acceptors (Lipinski definition) is 6. The molecule has 1 aromatic heterocycles. The van der Waals surface area contributed by atoms with Crippen molar-refractivity contribution in [1.29, 1.82) is 0 Å². The van der Waals surface area contributed by atoms with E-state index >= 15 is 0 Å². The number of ether oxygens (including phenoxy) is 1. The lowest BCUT2D eigenvalue weighted by Gasteiger charge is -2.35. The van der Waals surface area contributed by atoms with Gasteiger partial charge in [0.2, 0.25) is 0 Å². The van der Waals surface area contributed by atoms with Crippen molar-refractivity contribution in [2.24, 2.45) is 0 Å². The molecule has 3 aromatic rings. The number of aromatic nitrogens is 2. The molecule has 7 heteroatoms. The van der Waals surface area contributed by atoms with Crippen molar-refractivity contribution in [3.05, 3.63) is 114 Å². The van der Waals surface area contributed by atoms with Gasteiger partial charge in [-0.15, -0.1) is 0 Å². The third kappa shape index (κ3) is 10.5. The average molecular weight is 557 g/mol. The minimum absolute atomic E-state index is 0.0751. The van der Waals surface area contributed by atoms with E-state index in [9.17, 15) is 4.39 Å². The van der Waals surface area contributed by atoms with Crippen LogP contribution in [0, 0.1) is 5.82 Å². The van der Waals surface area contributed by atoms with Crippen molar-refractivity contribution in [2.75, 3.05) is 25.5 Å². The summed E-state index contributed by atoms with van der Waals surface area (Å²) in [6, 6.07) is 18.6. The van der Waals surface area contributed by atoms with E-state index in [1.54, 1.807) is 6.07 Å². The Bertz CT molecular complexity index is 1320. The van der Waals surface area contributed by atoms with Crippen molar-refractivity contribution in [3.63, 3.8) is 0 Å². The zero-order chi connectivity index (χ0) is 29.5. The lowest BCUT2D eigenvalue weighted by molar-refractivity contribution is -0.106. The molecule has 0 bridgehead atoms. The Morgan fingerprint density at radius 3 is 2.56 bits per heavy atom. The highest BCUT2D eigenvalue weighted by molar-refractivity contribution is 5.74. The van der Waals surface area contributed by atoms with E-state index in [0.717, 1.165) is 49.3 Å². The number of aldehydes is 1. The molecule has 0 amide bonds. The van der Waals surface area contributed by atoms with Crippen LogP contribution in [0.15, 0.2) is 91.0 Å². The monoisotopic (exact) mass is 556 g/mol. The standard InChI is InChI=1S/C32H37FN4O.C2H4O/c1-4-6-7-11-15-25(5-2)30-20-31(34-28-17-12-16-27(33)19-28)36-32(35-30)26-18-29(22-37(3)21-26)38-23-24-13-9-8-10-14-24;1-2-3/h5-17,19-20,26,29H,4,18,21-23H2,1-3H3,(H,34,35,36);2H,1H3/b7-6+,15-11-,25-5+;. The largest absolute Gasteiger partial charge is 0.372 e.